The fourth-order valence-electron chi connectivity index (χ4n) is 2.13. The van der Waals surface area contributed by atoms with Gasteiger partial charge in [-0.2, -0.15) is 0 Å². The molecule has 0 spiro atoms. The predicted molar refractivity (Wildman–Crippen MR) is 105 cm³/mol. The van der Waals surface area contributed by atoms with Crippen molar-refractivity contribution in [3.05, 3.63) is 69.4 Å². The standard InChI is InChI=1S/C17H14Cl3N5/c18-11-3-1-10(2-4-11)8-22-16-15(21)17(24-9-23-16)25-12-5-6-13(19)14(20)7-12/h1-7,9H,8,21H2,(H2,22,23,24,25). The molecule has 0 saturated carbocycles. The van der Waals surface area contributed by atoms with Crippen molar-refractivity contribution in [2.45, 2.75) is 6.54 Å². The van der Waals surface area contributed by atoms with Crippen molar-refractivity contribution in [1.82, 2.24) is 9.97 Å². The van der Waals surface area contributed by atoms with E-state index < -0.39 is 0 Å². The maximum Gasteiger partial charge on any atom is 0.159 e. The topological polar surface area (TPSA) is 75.9 Å². The van der Waals surface area contributed by atoms with Crippen molar-refractivity contribution in [3.63, 3.8) is 0 Å². The number of nitrogens with one attached hydrogen (secondary N) is 2. The van der Waals surface area contributed by atoms with Crippen molar-refractivity contribution in [3.8, 4) is 0 Å². The average Bonchev–Trinajstić information content (AvgIpc) is 2.60. The molecular formula is C17H14Cl3N5. The Balaban J connectivity index is 1.75. The van der Waals surface area contributed by atoms with Crippen LogP contribution in [0.1, 0.15) is 5.56 Å². The molecule has 0 fully saturated rings. The van der Waals surface area contributed by atoms with E-state index in [1.165, 1.54) is 6.33 Å². The molecule has 0 radical (unpaired) electrons. The Labute approximate surface area is 160 Å². The molecule has 25 heavy (non-hydrogen) atoms. The van der Waals surface area contributed by atoms with Crippen LogP contribution in [-0.4, -0.2) is 9.97 Å². The van der Waals surface area contributed by atoms with Gasteiger partial charge in [0.25, 0.3) is 0 Å². The van der Waals surface area contributed by atoms with Crippen LogP contribution >= 0.6 is 34.8 Å². The van der Waals surface area contributed by atoms with Crippen molar-refractivity contribution in [2.75, 3.05) is 16.4 Å². The van der Waals surface area contributed by atoms with Gasteiger partial charge in [0.05, 0.1) is 10.0 Å². The van der Waals surface area contributed by atoms with Gasteiger partial charge in [-0.05, 0) is 35.9 Å². The van der Waals surface area contributed by atoms with Gasteiger partial charge in [0, 0.05) is 17.3 Å². The molecule has 4 N–H and O–H groups in total. The quantitative estimate of drug-likeness (QED) is 0.542. The van der Waals surface area contributed by atoms with Crippen molar-refractivity contribution >= 4 is 57.8 Å². The van der Waals surface area contributed by atoms with E-state index in [0.717, 1.165) is 11.3 Å². The largest absolute Gasteiger partial charge is 0.393 e. The highest BCUT2D eigenvalue weighted by atomic mass is 35.5. The maximum atomic E-state index is 6.16. The van der Waals surface area contributed by atoms with E-state index in [-0.39, 0.29) is 0 Å². The van der Waals surface area contributed by atoms with E-state index >= 15 is 0 Å². The number of benzene rings is 2. The minimum Gasteiger partial charge on any atom is -0.393 e. The average molecular weight is 395 g/mol. The zero-order chi connectivity index (χ0) is 17.8. The number of nitrogen functional groups attached to an aromatic ring is 1. The first-order valence-corrected chi connectivity index (χ1v) is 8.47. The summed E-state index contributed by atoms with van der Waals surface area (Å²) in [6.45, 7) is 0.560. The Bertz CT molecular complexity index is 884. The number of hydrogen-bond donors (Lipinski definition) is 3. The highest BCUT2D eigenvalue weighted by molar-refractivity contribution is 6.42. The van der Waals surface area contributed by atoms with Crippen molar-refractivity contribution in [1.29, 1.82) is 0 Å². The molecule has 0 atom stereocenters. The second kappa shape index (κ2) is 7.78. The van der Waals surface area contributed by atoms with Crippen LogP contribution in [0.4, 0.5) is 23.0 Å². The highest BCUT2D eigenvalue weighted by Gasteiger charge is 2.09. The summed E-state index contributed by atoms with van der Waals surface area (Å²) in [5, 5.41) is 7.92. The molecule has 2 aromatic carbocycles. The first-order valence-electron chi connectivity index (χ1n) is 7.34. The van der Waals surface area contributed by atoms with Gasteiger partial charge in [0.2, 0.25) is 0 Å². The van der Waals surface area contributed by atoms with Gasteiger partial charge in [-0.25, -0.2) is 9.97 Å². The summed E-state index contributed by atoms with van der Waals surface area (Å²) >= 11 is 17.8. The molecule has 0 aliphatic heterocycles. The zero-order valence-electron chi connectivity index (χ0n) is 12.9. The molecule has 0 saturated heterocycles. The number of nitrogens with two attached hydrogens (primary N) is 1. The summed E-state index contributed by atoms with van der Waals surface area (Å²) in [5.41, 5.74) is 8.34. The summed E-state index contributed by atoms with van der Waals surface area (Å²) in [4.78, 5) is 8.36. The minimum absolute atomic E-state index is 0.405. The number of anilines is 4. The third-order valence-electron chi connectivity index (χ3n) is 3.44. The van der Waals surface area contributed by atoms with Crippen LogP contribution in [0.15, 0.2) is 48.8 Å². The summed E-state index contributed by atoms with van der Waals surface area (Å²) in [6.07, 6.45) is 1.43. The molecule has 0 aliphatic carbocycles. The second-order valence-corrected chi connectivity index (χ2v) is 6.47. The van der Waals surface area contributed by atoms with Crippen LogP contribution in [0.2, 0.25) is 15.1 Å². The first-order chi connectivity index (χ1) is 12.0. The van der Waals surface area contributed by atoms with Crippen LogP contribution in [-0.2, 0) is 6.54 Å². The molecule has 3 aromatic rings. The Morgan fingerprint density at radius 2 is 1.60 bits per heavy atom. The molecule has 8 heteroatoms. The van der Waals surface area contributed by atoms with Gasteiger partial charge >= 0.3 is 0 Å². The Kier molecular flexibility index (Phi) is 5.48. The molecule has 5 nitrogen and oxygen atoms in total. The number of nitrogens with zero attached hydrogens (tertiary/aromatic N) is 2. The van der Waals surface area contributed by atoms with Gasteiger partial charge < -0.3 is 16.4 Å². The zero-order valence-corrected chi connectivity index (χ0v) is 15.2. The number of hydrogen-bond acceptors (Lipinski definition) is 5. The second-order valence-electron chi connectivity index (χ2n) is 5.22. The van der Waals surface area contributed by atoms with Crippen LogP contribution in [0.5, 0.6) is 0 Å². The van der Waals surface area contributed by atoms with Gasteiger partial charge in [-0.1, -0.05) is 46.9 Å². The normalized spacial score (nSPS) is 10.5. The predicted octanol–water partition coefficient (Wildman–Crippen LogP) is 5.37. The molecular weight excluding hydrogens is 381 g/mol. The van der Waals surface area contributed by atoms with Crippen molar-refractivity contribution in [2.24, 2.45) is 0 Å². The van der Waals surface area contributed by atoms with E-state index in [1.807, 2.05) is 24.3 Å². The van der Waals surface area contributed by atoms with Crippen molar-refractivity contribution < 1.29 is 0 Å². The highest BCUT2D eigenvalue weighted by Crippen LogP contribution is 2.30. The molecule has 0 unspecified atom stereocenters. The van der Waals surface area contributed by atoms with E-state index in [2.05, 4.69) is 20.6 Å². The molecule has 3 rings (SSSR count). The molecule has 0 amide bonds. The fraction of sp³-hybridized carbons (Fsp3) is 0.0588. The Morgan fingerprint density at radius 1 is 0.880 bits per heavy atom. The van der Waals surface area contributed by atoms with Gasteiger partial charge in [0.1, 0.15) is 12.0 Å². The first kappa shape index (κ1) is 17.6. The van der Waals surface area contributed by atoms with Crippen LogP contribution in [0.3, 0.4) is 0 Å². The van der Waals surface area contributed by atoms with E-state index in [9.17, 15) is 0 Å². The maximum absolute atomic E-state index is 6.16. The minimum atomic E-state index is 0.405. The van der Waals surface area contributed by atoms with Gasteiger partial charge in [-0.15, -0.1) is 0 Å². The lowest BCUT2D eigenvalue weighted by Gasteiger charge is -2.13. The Hall–Kier alpha value is -2.21. The number of halogens is 3. The van der Waals surface area contributed by atoms with Crippen LogP contribution in [0.25, 0.3) is 0 Å². The molecule has 1 heterocycles. The summed E-state index contributed by atoms with van der Waals surface area (Å²) < 4.78 is 0. The molecule has 128 valence electrons. The van der Waals surface area contributed by atoms with E-state index in [1.54, 1.807) is 18.2 Å². The molecule has 0 aliphatic rings. The van der Waals surface area contributed by atoms with E-state index in [4.69, 9.17) is 40.5 Å². The molecule has 0 bridgehead atoms. The van der Waals surface area contributed by atoms with Gasteiger partial charge in [-0.3, -0.25) is 0 Å². The van der Waals surface area contributed by atoms with Gasteiger partial charge in [0.15, 0.2) is 11.6 Å². The molecule has 1 aromatic heterocycles. The van der Waals surface area contributed by atoms with Crippen LogP contribution < -0.4 is 16.4 Å². The Morgan fingerprint density at radius 3 is 2.32 bits per heavy atom. The lowest BCUT2D eigenvalue weighted by molar-refractivity contribution is 1.09. The number of aromatic nitrogens is 2. The summed E-state index contributed by atoms with van der Waals surface area (Å²) in [5.74, 6) is 1.01. The monoisotopic (exact) mass is 393 g/mol. The smallest absolute Gasteiger partial charge is 0.159 e. The summed E-state index contributed by atoms with van der Waals surface area (Å²) in [7, 11) is 0. The van der Waals surface area contributed by atoms with Crippen LogP contribution in [0, 0.1) is 0 Å². The lowest BCUT2D eigenvalue weighted by atomic mass is 10.2. The fourth-order valence-corrected chi connectivity index (χ4v) is 2.56. The number of rotatable bonds is 5. The SMILES string of the molecule is Nc1c(NCc2ccc(Cl)cc2)ncnc1Nc1ccc(Cl)c(Cl)c1. The third kappa shape index (κ3) is 4.45. The van der Waals surface area contributed by atoms with E-state index in [0.29, 0.717) is 38.9 Å². The lowest BCUT2D eigenvalue weighted by Crippen LogP contribution is -2.08. The summed E-state index contributed by atoms with van der Waals surface area (Å²) in [6, 6.07) is 12.7. The third-order valence-corrected chi connectivity index (χ3v) is 4.43.